The fourth-order valence-corrected chi connectivity index (χ4v) is 3.42. The Morgan fingerprint density at radius 2 is 1.84 bits per heavy atom. The van der Waals surface area contributed by atoms with E-state index < -0.39 is 0 Å². The predicted molar refractivity (Wildman–Crippen MR) is 99.9 cm³/mol. The average Bonchev–Trinajstić information content (AvgIpc) is 3.15. The zero-order valence-corrected chi connectivity index (χ0v) is 14.4. The van der Waals surface area contributed by atoms with Crippen LogP contribution in [0.1, 0.15) is 27.2 Å². The summed E-state index contributed by atoms with van der Waals surface area (Å²) in [5.41, 5.74) is 6.11. The van der Waals surface area contributed by atoms with Crippen LogP contribution in [0.3, 0.4) is 0 Å². The van der Waals surface area contributed by atoms with E-state index in [1.54, 1.807) is 0 Å². The van der Waals surface area contributed by atoms with Gasteiger partial charge in [0.05, 0.1) is 11.4 Å². The van der Waals surface area contributed by atoms with E-state index in [1.807, 2.05) is 47.3 Å². The van der Waals surface area contributed by atoms with Gasteiger partial charge in [0, 0.05) is 62.3 Å². The van der Waals surface area contributed by atoms with Crippen LogP contribution in [0.5, 0.6) is 0 Å². The lowest BCUT2D eigenvalue weighted by Crippen LogP contribution is -2.46. The molecule has 1 aromatic carbocycles. The number of carbonyl (C=O) groups excluding carboxylic acids is 1. The van der Waals surface area contributed by atoms with Crippen LogP contribution in [-0.2, 0) is 0 Å². The highest BCUT2D eigenvalue weighted by molar-refractivity contribution is 5.95. The van der Waals surface area contributed by atoms with E-state index in [9.17, 15) is 4.79 Å². The van der Waals surface area contributed by atoms with Crippen molar-refractivity contribution in [2.45, 2.75) is 0 Å². The number of fused-ring (bicyclic) bond motifs is 1. The summed E-state index contributed by atoms with van der Waals surface area (Å²) >= 11 is 0. The minimum absolute atomic E-state index is 0.110. The SMILES string of the molecule is C=C1c2[nH]ccc2C(c2ccc(C(=O)N3CCNCC3)cc2)=CN1C. The Hall–Kier alpha value is -2.79. The van der Waals surface area contributed by atoms with E-state index in [4.69, 9.17) is 0 Å². The zero-order chi connectivity index (χ0) is 17.4. The van der Waals surface area contributed by atoms with Gasteiger partial charge in [-0.2, -0.15) is 0 Å². The van der Waals surface area contributed by atoms with Gasteiger partial charge in [-0.25, -0.2) is 0 Å². The molecule has 0 unspecified atom stereocenters. The first kappa shape index (κ1) is 15.7. The number of carbonyl (C=O) groups is 1. The molecule has 1 aromatic heterocycles. The molecule has 1 amide bonds. The molecule has 4 rings (SSSR count). The minimum atomic E-state index is 0.110. The van der Waals surface area contributed by atoms with Crippen LogP contribution >= 0.6 is 0 Å². The zero-order valence-electron chi connectivity index (χ0n) is 14.4. The van der Waals surface area contributed by atoms with Crippen LogP contribution in [0.15, 0.2) is 49.3 Å². The Morgan fingerprint density at radius 1 is 1.12 bits per heavy atom. The highest BCUT2D eigenvalue weighted by Crippen LogP contribution is 2.35. The van der Waals surface area contributed by atoms with Gasteiger partial charge in [0.25, 0.3) is 5.91 Å². The molecule has 5 nitrogen and oxygen atoms in total. The Balaban J connectivity index is 1.61. The molecular formula is C20H22N4O. The van der Waals surface area contributed by atoms with Gasteiger partial charge in [0.2, 0.25) is 0 Å². The molecule has 0 aliphatic carbocycles. The quantitative estimate of drug-likeness (QED) is 0.886. The number of amides is 1. The van der Waals surface area contributed by atoms with Gasteiger partial charge in [-0.05, 0) is 23.8 Å². The van der Waals surface area contributed by atoms with Crippen LogP contribution in [-0.4, -0.2) is 53.9 Å². The molecule has 1 fully saturated rings. The minimum Gasteiger partial charge on any atom is -0.359 e. The molecule has 2 aromatic rings. The second kappa shape index (κ2) is 6.26. The van der Waals surface area contributed by atoms with Gasteiger partial charge in [-0.1, -0.05) is 18.7 Å². The second-order valence-electron chi connectivity index (χ2n) is 6.49. The Morgan fingerprint density at radius 3 is 2.56 bits per heavy atom. The fourth-order valence-electron chi connectivity index (χ4n) is 3.42. The predicted octanol–water partition coefficient (Wildman–Crippen LogP) is 2.37. The number of nitrogens with one attached hydrogen (secondary N) is 2. The van der Waals surface area contributed by atoms with Crippen molar-refractivity contribution in [2.75, 3.05) is 33.2 Å². The van der Waals surface area contributed by atoms with E-state index in [-0.39, 0.29) is 5.91 Å². The Kier molecular flexibility index (Phi) is 3.93. The molecule has 2 N–H and O–H groups in total. The summed E-state index contributed by atoms with van der Waals surface area (Å²) in [6.07, 6.45) is 4.02. The molecule has 3 heterocycles. The maximum Gasteiger partial charge on any atom is 0.253 e. The third-order valence-electron chi connectivity index (χ3n) is 4.92. The number of rotatable bonds is 2. The van der Waals surface area contributed by atoms with E-state index >= 15 is 0 Å². The number of benzene rings is 1. The highest BCUT2D eigenvalue weighted by atomic mass is 16.2. The van der Waals surface area contributed by atoms with E-state index in [2.05, 4.69) is 29.1 Å². The third-order valence-corrected chi connectivity index (χ3v) is 4.92. The first-order valence-electron chi connectivity index (χ1n) is 8.57. The first-order chi connectivity index (χ1) is 12.1. The molecule has 2 aliphatic rings. The van der Waals surface area contributed by atoms with Gasteiger partial charge < -0.3 is 20.1 Å². The van der Waals surface area contributed by atoms with Crippen molar-refractivity contribution < 1.29 is 4.79 Å². The Bertz CT molecular complexity index is 841. The summed E-state index contributed by atoms with van der Waals surface area (Å²) in [6.45, 7) is 7.39. The molecular weight excluding hydrogens is 312 g/mol. The molecule has 1 saturated heterocycles. The number of piperazine rings is 1. The monoisotopic (exact) mass is 334 g/mol. The van der Waals surface area contributed by atoms with E-state index in [0.717, 1.165) is 59.8 Å². The number of H-pyrrole nitrogens is 1. The van der Waals surface area contributed by atoms with Gasteiger partial charge in [0.1, 0.15) is 0 Å². The number of aromatic amines is 1. The lowest BCUT2D eigenvalue weighted by molar-refractivity contribution is 0.0736. The van der Waals surface area contributed by atoms with Gasteiger partial charge in [-0.3, -0.25) is 4.79 Å². The average molecular weight is 334 g/mol. The summed E-state index contributed by atoms with van der Waals surface area (Å²) in [4.78, 5) is 19.8. The molecule has 0 spiro atoms. The molecule has 0 atom stereocenters. The highest BCUT2D eigenvalue weighted by Gasteiger charge is 2.22. The largest absolute Gasteiger partial charge is 0.359 e. The molecule has 5 heteroatoms. The molecule has 0 radical (unpaired) electrons. The third kappa shape index (κ3) is 2.76. The molecule has 128 valence electrons. The summed E-state index contributed by atoms with van der Waals surface area (Å²) in [6, 6.07) is 9.98. The van der Waals surface area contributed by atoms with Crippen LogP contribution in [0.2, 0.25) is 0 Å². The normalized spacial score (nSPS) is 17.3. The van der Waals surface area contributed by atoms with Gasteiger partial charge in [-0.15, -0.1) is 0 Å². The van der Waals surface area contributed by atoms with Crippen LogP contribution in [0, 0.1) is 0 Å². The van der Waals surface area contributed by atoms with E-state index in [0.29, 0.717) is 0 Å². The Labute approximate surface area is 147 Å². The summed E-state index contributed by atoms with van der Waals surface area (Å²) in [5.74, 6) is 0.110. The van der Waals surface area contributed by atoms with Crippen LogP contribution in [0.4, 0.5) is 0 Å². The summed E-state index contributed by atoms with van der Waals surface area (Å²) in [5, 5.41) is 3.27. The van der Waals surface area contributed by atoms with Crippen molar-refractivity contribution in [3.8, 4) is 0 Å². The number of hydrogen-bond donors (Lipinski definition) is 2. The molecule has 25 heavy (non-hydrogen) atoms. The van der Waals surface area contributed by atoms with Crippen molar-refractivity contribution in [3.63, 3.8) is 0 Å². The fraction of sp³-hybridized carbons (Fsp3) is 0.250. The lowest BCUT2D eigenvalue weighted by atomic mass is 9.94. The van der Waals surface area contributed by atoms with Crippen molar-refractivity contribution >= 4 is 17.2 Å². The maximum atomic E-state index is 12.6. The first-order valence-corrected chi connectivity index (χ1v) is 8.57. The summed E-state index contributed by atoms with van der Waals surface area (Å²) in [7, 11) is 1.99. The number of nitrogens with zero attached hydrogens (tertiary/aromatic N) is 2. The number of hydrogen-bond acceptors (Lipinski definition) is 3. The van der Waals surface area contributed by atoms with E-state index in [1.165, 1.54) is 0 Å². The topological polar surface area (TPSA) is 51.4 Å². The standard InChI is InChI=1S/C20H22N4O/c1-14-19-17(7-8-22-19)18(13-23(14)2)15-3-5-16(6-4-15)20(25)24-11-9-21-10-12-24/h3-8,13,21-22H,1,9-12H2,2H3. The number of aromatic nitrogens is 1. The summed E-state index contributed by atoms with van der Waals surface area (Å²) < 4.78 is 0. The second-order valence-corrected chi connectivity index (χ2v) is 6.49. The van der Waals surface area contributed by atoms with Crippen molar-refractivity contribution in [2.24, 2.45) is 0 Å². The molecule has 0 saturated carbocycles. The lowest BCUT2D eigenvalue weighted by Gasteiger charge is -2.28. The molecule has 2 aliphatic heterocycles. The van der Waals surface area contributed by atoms with Crippen LogP contribution in [0.25, 0.3) is 11.3 Å². The smallest absolute Gasteiger partial charge is 0.253 e. The van der Waals surface area contributed by atoms with Gasteiger partial charge in [0.15, 0.2) is 0 Å². The van der Waals surface area contributed by atoms with Crippen LogP contribution < -0.4 is 5.32 Å². The van der Waals surface area contributed by atoms with Crippen molar-refractivity contribution in [1.29, 1.82) is 0 Å². The van der Waals surface area contributed by atoms with Crippen molar-refractivity contribution in [3.05, 3.63) is 71.7 Å². The van der Waals surface area contributed by atoms with Gasteiger partial charge >= 0.3 is 0 Å². The molecule has 0 bridgehead atoms. The maximum absolute atomic E-state index is 12.6. The van der Waals surface area contributed by atoms with Crippen molar-refractivity contribution in [1.82, 2.24) is 20.1 Å².